The number of thiophene rings is 1. The van der Waals surface area contributed by atoms with Gasteiger partial charge in [-0.3, -0.25) is 4.79 Å². The van der Waals surface area contributed by atoms with Crippen molar-refractivity contribution < 1.29 is 9.13 Å². The quantitative estimate of drug-likeness (QED) is 0.528. The molecular formula is C20H15FN2O2S. The molecule has 0 fully saturated rings. The van der Waals surface area contributed by atoms with Crippen LogP contribution in [0, 0.1) is 5.82 Å². The number of hydrogen-bond acceptors (Lipinski definition) is 4. The Hall–Kier alpha value is -2.99. The second-order valence-corrected chi connectivity index (χ2v) is 6.63. The number of para-hydroxylation sites is 1. The van der Waals surface area contributed by atoms with E-state index in [0.717, 1.165) is 16.0 Å². The van der Waals surface area contributed by atoms with E-state index < -0.39 is 5.82 Å². The number of nitrogens with zero attached hydrogens (tertiary/aromatic N) is 2. The summed E-state index contributed by atoms with van der Waals surface area (Å²) in [5.41, 5.74) is 0.583. The van der Waals surface area contributed by atoms with Crippen molar-refractivity contribution in [1.29, 1.82) is 0 Å². The number of fused-ring (bicyclic) bond motifs is 1. The van der Waals surface area contributed by atoms with Crippen LogP contribution in [0.4, 0.5) is 4.39 Å². The Morgan fingerprint density at radius 1 is 1.00 bits per heavy atom. The van der Waals surface area contributed by atoms with Crippen molar-refractivity contribution in [1.82, 2.24) is 9.78 Å². The fraction of sp³-hybridized carbons (Fsp3) is 0.100. The Morgan fingerprint density at radius 3 is 2.54 bits per heavy atom. The molecule has 0 saturated carbocycles. The highest BCUT2D eigenvalue weighted by atomic mass is 32.1. The SMILES string of the molecule is O=c1c2ccccc2c(-c2cccs2)nn1CCOc1ccccc1F. The van der Waals surface area contributed by atoms with Gasteiger partial charge in [-0.05, 0) is 29.6 Å². The fourth-order valence-corrected chi connectivity index (χ4v) is 3.51. The van der Waals surface area contributed by atoms with Crippen molar-refractivity contribution in [3.05, 3.63) is 82.2 Å². The maximum Gasteiger partial charge on any atom is 0.274 e. The van der Waals surface area contributed by atoms with Crippen molar-refractivity contribution in [2.45, 2.75) is 6.54 Å². The molecule has 4 nitrogen and oxygen atoms in total. The smallest absolute Gasteiger partial charge is 0.274 e. The predicted molar refractivity (Wildman–Crippen MR) is 101 cm³/mol. The third-order valence-electron chi connectivity index (χ3n) is 4.02. The van der Waals surface area contributed by atoms with E-state index in [-0.39, 0.29) is 24.5 Å². The molecule has 0 amide bonds. The molecule has 0 spiro atoms. The molecular weight excluding hydrogens is 351 g/mol. The zero-order chi connectivity index (χ0) is 17.9. The molecule has 4 rings (SSSR count). The number of ether oxygens (including phenoxy) is 1. The molecule has 2 heterocycles. The van der Waals surface area contributed by atoms with Crippen molar-refractivity contribution in [2.75, 3.05) is 6.61 Å². The first-order chi connectivity index (χ1) is 12.7. The Morgan fingerprint density at radius 2 is 1.77 bits per heavy atom. The number of hydrogen-bond donors (Lipinski definition) is 0. The second-order valence-electron chi connectivity index (χ2n) is 5.68. The van der Waals surface area contributed by atoms with Gasteiger partial charge in [-0.15, -0.1) is 11.3 Å². The number of aromatic nitrogens is 2. The van der Waals surface area contributed by atoms with Crippen LogP contribution in [0.25, 0.3) is 21.3 Å². The van der Waals surface area contributed by atoms with Gasteiger partial charge in [0.2, 0.25) is 0 Å². The van der Waals surface area contributed by atoms with E-state index in [1.165, 1.54) is 10.7 Å². The summed E-state index contributed by atoms with van der Waals surface area (Å²) in [5, 5.41) is 7.95. The maximum absolute atomic E-state index is 13.6. The van der Waals surface area contributed by atoms with E-state index in [1.807, 2.05) is 35.7 Å². The third-order valence-corrected chi connectivity index (χ3v) is 4.90. The molecule has 0 aliphatic rings. The summed E-state index contributed by atoms with van der Waals surface area (Å²) < 4.78 is 20.5. The topological polar surface area (TPSA) is 44.1 Å². The minimum Gasteiger partial charge on any atom is -0.489 e. The highest BCUT2D eigenvalue weighted by Crippen LogP contribution is 2.28. The lowest BCUT2D eigenvalue weighted by molar-refractivity contribution is 0.276. The van der Waals surface area contributed by atoms with Crippen LogP contribution >= 0.6 is 11.3 Å². The van der Waals surface area contributed by atoms with E-state index in [2.05, 4.69) is 5.10 Å². The lowest BCUT2D eigenvalue weighted by Gasteiger charge is -2.11. The predicted octanol–water partition coefficient (Wildman–Crippen LogP) is 4.34. The molecule has 0 atom stereocenters. The van der Waals surface area contributed by atoms with Gasteiger partial charge in [-0.2, -0.15) is 5.10 Å². The van der Waals surface area contributed by atoms with Crippen molar-refractivity contribution in [2.24, 2.45) is 0 Å². The first-order valence-corrected chi connectivity index (χ1v) is 9.03. The molecule has 26 heavy (non-hydrogen) atoms. The van der Waals surface area contributed by atoms with Crippen LogP contribution in [-0.2, 0) is 6.54 Å². The average Bonchev–Trinajstić information content (AvgIpc) is 3.20. The molecule has 0 radical (unpaired) electrons. The first kappa shape index (κ1) is 16.5. The minimum absolute atomic E-state index is 0.149. The van der Waals surface area contributed by atoms with Crippen LogP contribution in [0.5, 0.6) is 5.75 Å². The summed E-state index contributed by atoms with van der Waals surface area (Å²) in [6, 6.07) is 17.6. The molecule has 2 aromatic heterocycles. The van der Waals surface area contributed by atoms with Gasteiger partial charge in [0.1, 0.15) is 12.3 Å². The largest absolute Gasteiger partial charge is 0.489 e. The van der Waals surface area contributed by atoms with E-state index in [9.17, 15) is 9.18 Å². The van der Waals surface area contributed by atoms with Gasteiger partial charge in [0, 0.05) is 5.39 Å². The summed E-state index contributed by atoms with van der Waals surface area (Å²) in [4.78, 5) is 13.7. The Kier molecular flexibility index (Phi) is 4.50. The number of benzene rings is 2. The Labute approximate surface area is 153 Å². The second kappa shape index (κ2) is 7.09. The van der Waals surface area contributed by atoms with E-state index >= 15 is 0 Å². The van der Waals surface area contributed by atoms with Gasteiger partial charge in [0.15, 0.2) is 11.6 Å². The lowest BCUT2D eigenvalue weighted by Crippen LogP contribution is -2.26. The zero-order valence-corrected chi connectivity index (χ0v) is 14.6. The van der Waals surface area contributed by atoms with Gasteiger partial charge in [-0.25, -0.2) is 9.07 Å². The Balaban J connectivity index is 1.68. The molecule has 0 bridgehead atoms. The first-order valence-electron chi connectivity index (χ1n) is 8.15. The Bertz CT molecular complexity index is 1110. The summed E-state index contributed by atoms with van der Waals surface area (Å²) in [6.07, 6.45) is 0. The zero-order valence-electron chi connectivity index (χ0n) is 13.8. The molecule has 4 aromatic rings. The highest BCUT2D eigenvalue weighted by Gasteiger charge is 2.13. The lowest BCUT2D eigenvalue weighted by atomic mass is 10.1. The monoisotopic (exact) mass is 366 g/mol. The molecule has 2 aromatic carbocycles. The number of rotatable bonds is 5. The average molecular weight is 366 g/mol. The summed E-state index contributed by atoms with van der Waals surface area (Å²) >= 11 is 1.57. The molecule has 0 N–H and O–H groups in total. The standard InChI is InChI=1S/C20H15FN2O2S/c21-16-8-3-4-9-17(16)25-12-11-23-20(24)15-7-2-1-6-14(15)19(22-23)18-10-5-13-26-18/h1-10,13H,11-12H2. The van der Waals surface area contributed by atoms with Gasteiger partial charge in [0.05, 0.1) is 16.8 Å². The molecule has 0 aliphatic heterocycles. The van der Waals surface area contributed by atoms with E-state index in [4.69, 9.17) is 4.74 Å². The van der Waals surface area contributed by atoms with Crippen molar-refractivity contribution in [3.8, 4) is 16.3 Å². The molecule has 6 heteroatoms. The summed E-state index contributed by atoms with van der Waals surface area (Å²) in [6.45, 7) is 0.381. The van der Waals surface area contributed by atoms with Crippen LogP contribution in [0.3, 0.4) is 0 Å². The van der Waals surface area contributed by atoms with Crippen LogP contribution < -0.4 is 10.3 Å². The third kappa shape index (κ3) is 3.11. The van der Waals surface area contributed by atoms with Crippen molar-refractivity contribution in [3.63, 3.8) is 0 Å². The van der Waals surface area contributed by atoms with Crippen LogP contribution in [-0.4, -0.2) is 16.4 Å². The molecule has 0 aliphatic carbocycles. The molecule has 0 unspecified atom stereocenters. The number of halogens is 1. The summed E-state index contributed by atoms with van der Waals surface area (Å²) in [5.74, 6) is -0.259. The fourth-order valence-electron chi connectivity index (χ4n) is 2.79. The highest BCUT2D eigenvalue weighted by molar-refractivity contribution is 7.13. The molecule has 130 valence electrons. The molecule has 0 saturated heterocycles. The van der Waals surface area contributed by atoms with Crippen LogP contribution in [0.1, 0.15) is 0 Å². The van der Waals surface area contributed by atoms with E-state index in [1.54, 1.807) is 35.6 Å². The van der Waals surface area contributed by atoms with Crippen molar-refractivity contribution >= 4 is 22.1 Å². The van der Waals surface area contributed by atoms with Crippen LogP contribution in [0.15, 0.2) is 70.8 Å². The van der Waals surface area contributed by atoms with E-state index in [0.29, 0.717) is 5.39 Å². The normalized spacial score (nSPS) is 11.0. The van der Waals surface area contributed by atoms with Gasteiger partial charge in [-0.1, -0.05) is 36.4 Å². The van der Waals surface area contributed by atoms with Gasteiger partial charge < -0.3 is 4.74 Å². The summed E-state index contributed by atoms with van der Waals surface area (Å²) in [7, 11) is 0. The van der Waals surface area contributed by atoms with Crippen LogP contribution in [0.2, 0.25) is 0 Å². The maximum atomic E-state index is 13.6. The van der Waals surface area contributed by atoms with Gasteiger partial charge >= 0.3 is 0 Å². The van der Waals surface area contributed by atoms with Gasteiger partial charge in [0.25, 0.3) is 5.56 Å². The minimum atomic E-state index is -0.425.